The third-order valence-electron chi connectivity index (χ3n) is 3.80. The van der Waals surface area contributed by atoms with E-state index in [1.807, 2.05) is 0 Å². The smallest absolute Gasteiger partial charge is 0.244 e. The quantitative estimate of drug-likeness (QED) is 0.480. The van der Waals surface area contributed by atoms with Crippen molar-refractivity contribution in [2.45, 2.75) is 19.8 Å². The van der Waals surface area contributed by atoms with Crippen molar-refractivity contribution in [3.63, 3.8) is 0 Å². The number of hydrogen-bond donors (Lipinski definition) is 2. The lowest BCUT2D eigenvalue weighted by atomic mass is 10.1. The summed E-state index contributed by atoms with van der Waals surface area (Å²) in [5.74, 6) is 0.463. The summed E-state index contributed by atoms with van der Waals surface area (Å²) in [5.41, 5.74) is 4.02. The Balaban J connectivity index is 1.89. The van der Waals surface area contributed by atoms with Crippen molar-refractivity contribution < 1.29 is 19.1 Å². The third-order valence-corrected chi connectivity index (χ3v) is 4.37. The van der Waals surface area contributed by atoms with Gasteiger partial charge in [0.05, 0.1) is 37.8 Å². The fourth-order valence-electron chi connectivity index (χ4n) is 2.43. The Morgan fingerprint density at radius 3 is 2.41 bits per heavy atom. The Kier molecular flexibility index (Phi) is 8.30. The van der Waals surface area contributed by atoms with Crippen LogP contribution in [0.3, 0.4) is 0 Å². The molecule has 154 valence electrons. The first-order valence-corrected chi connectivity index (χ1v) is 9.35. The second-order valence-corrected chi connectivity index (χ2v) is 6.94. The van der Waals surface area contributed by atoms with Crippen LogP contribution in [0.4, 0.5) is 5.69 Å². The molecule has 0 saturated heterocycles. The molecule has 0 aliphatic heterocycles. The predicted molar refractivity (Wildman–Crippen MR) is 114 cm³/mol. The van der Waals surface area contributed by atoms with Crippen LogP contribution in [0.1, 0.15) is 18.9 Å². The maximum absolute atomic E-state index is 12.1. The summed E-state index contributed by atoms with van der Waals surface area (Å²) in [5, 5.41) is 7.45. The van der Waals surface area contributed by atoms with E-state index < -0.39 is 0 Å². The number of rotatable bonds is 8. The highest BCUT2D eigenvalue weighted by molar-refractivity contribution is 6.35. The molecule has 9 heteroatoms. The lowest BCUT2D eigenvalue weighted by Gasteiger charge is -2.09. The molecule has 0 unspecified atom stereocenters. The average molecular weight is 438 g/mol. The van der Waals surface area contributed by atoms with Gasteiger partial charge in [0.25, 0.3) is 0 Å². The minimum atomic E-state index is -0.329. The number of nitrogens with one attached hydrogen (secondary N) is 2. The maximum atomic E-state index is 12.1. The molecule has 0 heterocycles. The van der Waals surface area contributed by atoms with Gasteiger partial charge in [-0.3, -0.25) is 9.59 Å². The van der Waals surface area contributed by atoms with E-state index in [-0.39, 0.29) is 24.7 Å². The number of hydrogen-bond acceptors (Lipinski definition) is 5. The number of halogens is 2. The predicted octanol–water partition coefficient (Wildman–Crippen LogP) is 4.07. The molecule has 0 atom stereocenters. The Hall–Kier alpha value is -2.77. The van der Waals surface area contributed by atoms with Gasteiger partial charge in [-0.1, -0.05) is 29.3 Å². The molecule has 0 fully saturated rings. The van der Waals surface area contributed by atoms with Gasteiger partial charge in [0.15, 0.2) is 11.5 Å². The van der Waals surface area contributed by atoms with Crippen molar-refractivity contribution in [3.05, 3.63) is 52.0 Å². The first-order chi connectivity index (χ1) is 13.8. The lowest BCUT2D eigenvalue weighted by Crippen LogP contribution is -2.23. The van der Waals surface area contributed by atoms with Crippen molar-refractivity contribution in [2.75, 3.05) is 19.5 Å². The van der Waals surface area contributed by atoms with Gasteiger partial charge in [-0.2, -0.15) is 5.10 Å². The van der Waals surface area contributed by atoms with Crippen LogP contribution in [-0.2, 0) is 16.0 Å². The third kappa shape index (κ3) is 6.96. The molecule has 2 N–H and O–H groups in total. The first-order valence-electron chi connectivity index (χ1n) is 8.60. The van der Waals surface area contributed by atoms with E-state index in [0.717, 1.165) is 5.56 Å². The summed E-state index contributed by atoms with van der Waals surface area (Å²) in [6.07, 6.45) is 0.0843. The van der Waals surface area contributed by atoms with Gasteiger partial charge < -0.3 is 14.8 Å². The summed E-state index contributed by atoms with van der Waals surface area (Å²) in [6, 6.07) is 9.98. The van der Waals surface area contributed by atoms with Crippen molar-refractivity contribution in [1.82, 2.24) is 5.43 Å². The van der Waals surface area contributed by atoms with E-state index in [0.29, 0.717) is 32.9 Å². The van der Waals surface area contributed by atoms with Gasteiger partial charge in [-0.15, -0.1) is 0 Å². The minimum Gasteiger partial charge on any atom is -0.493 e. The molecule has 29 heavy (non-hydrogen) atoms. The number of hydrazone groups is 1. The Bertz CT molecular complexity index is 932. The summed E-state index contributed by atoms with van der Waals surface area (Å²) >= 11 is 11.9. The summed E-state index contributed by atoms with van der Waals surface area (Å²) in [7, 11) is 3.06. The summed E-state index contributed by atoms with van der Waals surface area (Å²) in [6.45, 7) is 1.63. The highest BCUT2D eigenvalue weighted by Gasteiger charge is 2.10. The zero-order chi connectivity index (χ0) is 21.4. The topological polar surface area (TPSA) is 89.0 Å². The van der Waals surface area contributed by atoms with E-state index >= 15 is 0 Å². The van der Waals surface area contributed by atoms with Crippen LogP contribution in [0.2, 0.25) is 10.0 Å². The number of benzene rings is 2. The molecule has 0 spiro atoms. The highest BCUT2D eigenvalue weighted by Crippen LogP contribution is 2.28. The van der Waals surface area contributed by atoms with Crippen LogP contribution in [0.15, 0.2) is 41.5 Å². The van der Waals surface area contributed by atoms with Crippen LogP contribution in [-0.4, -0.2) is 31.7 Å². The Morgan fingerprint density at radius 2 is 1.72 bits per heavy atom. The zero-order valence-electron chi connectivity index (χ0n) is 16.2. The SMILES string of the molecule is COc1ccc(CC(=O)NN=C(C)CC(=O)Nc2cc(Cl)ccc2Cl)cc1OC. The van der Waals surface area contributed by atoms with Gasteiger partial charge in [0.1, 0.15) is 0 Å². The molecule has 0 aliphatic carbocycles. The molecular formula is C20H21Cl2N3O4. The fraction of sp³-hybridized carbons (Fsp3) is 0.250. The molecule has 2 amide bonds. The second-order valence-electron chi connectivity index (χ2n) is 6.10. The molecule has 0 radical (unpaired) electrons. The first kappa shape index (κ1) is 22.5. The van der Waals surface area contributed by atoms with Gasteiger partial charge in [-0.25, -0.2) is 5.43 Å². The second kappa shape index (κ2) is 10.7. The van der Waals surface area contributed by atoms with Crippen LogP contribution in [0, 0.1) is 0 Å². The number of carbonyl (C=O) groups is 2. The molecule has 0 aromatic heterocycles. The number of anilines is 1. The largest absolute Gasteiger partial charge is 0.493 e. The van der Waals surface area contributed by atoms with E-state index in [4.69, 9.17) is 32.7 Å². The fourth-order valence-corrected chi connectivity index (χ4v) is 2.77. The van der Waals surface area contributed by atoms with Crippen molar-refractivity contribution in [2.24, 2.45) is 5.10 Å². The lowest BCUT2D eigenvalue weighted by molar-refractivity contribution is -0.120. The summed E-state index contributed by atoms with van der Waals surface area (Å²) in [4.78, 5) is 24.2. The molecule has 7 nitrogen and oxygen atoms in total. The van der Waals surface area contributed by atoms with Gasteiger partial charge in [0.2, 0.25) is 11.8 Å². The molecule has 2 aromatic rings. The molecule has 2 rings (SSSR count). The normalized spacial score (nSPS) is 11.0. The van der Waals surface area contributed by atoms with E-state index in [9.17, 15) is 9.59 Å². The van der Waals surface area contributed by atoms with E-state index in [2.05, 4.69) is 15.8 Å². The minimum absolute atomic E-state index is 0.0144. The number of ether oxygens (including phenoxy) is 2. The van der Waals surface area contributed by atoms with Crippen molar-refractivity contribution in [3.8, 4) is 11.5 Å². The molecule has 2 aromatic carbocycles. The standard InChI is InChI=1S/C20H21Cl2N3O4/c1-12(8-19(26)23-16-11-14(21)5-6-15(16)22)24-25-20(27)10-13-4-7-17(28-2)18(9-13)29-3/h4-7,9,11H,8,10H2,1-3H3,(H,23,26)(H,25,27). The average Bonchev–Trinajstić information content (AvgIpc) is 2.69. The van der Waals surface area contributed by atoms with Crippen molar-refractivity contribution >= 4 is 46.4 Å². The van der Waals surface area contributed by atoms with E-state index in [1.54, 1.807) is 43.3 Å². The summed E-state index contributed by atoms with van der Waals surface area (Å²) < 4.78 is 10.4. The van der Waals surface area contributed by atoms with Gasteiger partial charge in [-0.05, 0) is 42.8 Å². The van der Waals surface area contributed by atoms with Crippen LogP contribution in [0.25, 0.3) is 0 Å². The molecular weight excluding hydrogens is 417 g/mol. The molecule has 0 aliphatic rings. The van der Waals surface area contributed by atoms with E-state index in [1.165, 1.54) is 14.2 Å². The van der Waals surface area contributed by atoms with Crippen molar-refractivity contribution in [1.29, 1.82) is 0 Å². The number of amides is 2. The Labute approximate surface area is 179 Å². The van der Waals surface area contributed by atoms with Gasteiger partial charge in [0, 0.05) is 10.7 Å². The van der Waals surface area contributed by atoms with Crippen LogP contribution in [0.5, 0.6) is 11.5 Å². The maximum Gasteiger partial charge on any atom is 0.244 e. The molecule has 0 bridgehead atoms. The number of methoxy groups -OCH3 is 2. The molecule has 0 saturated carbocycles. The zero-order valence-corrected chi connectivity index (χ0v) is 17.7. The van der Waals surface area contributed by atoms with Crippen LogP contribution >= 0.6 is 23.2 Å². The number of nitrogens with zero attached hydrogens (tertiary/aromatic N) is 1. The van der Waals surface area contributed by atoms with Crippen LogP contribution < -0.4 is 20.2 Å². The monoisotopic (exact) mass is 437 g/mol. The van der Waals surface area contributed by atoms with Gasteiger partial charge >= 0.3 is 0 Å². The highest BCUT2D eigenvalue weighted by atomic mass is 35.5. The Morgan fingerprint density at radius 1 is 1.00 bits per heavy atom. The number of carbonyl (C=O) groups excluding carboxylic acids is 2.